The number of rotatable bonds is 11. The number of phenolic OH excluding ortho intramolecular Hbond substituents is 1. The average Bonchev–Trinajstić information content (AvgIpc) is 3.01. The summed E-state index contributed by atoms with van der Waals surface area (Å²) in [7, 11) is 2.14. The molecule has 230 valence electrons. The summed E-state index contributed by atoms with van der Waals surface area (Å²) in [4.78, 5) is 29.9. The molecule has 0 spiro atoms. The van der Waals surface area contributed by atoms with E-state index in [1.165, 1.54) is 11.6 Å². The van der Waals surface area contributed by atoms with Crippen LogP contribution in [-0.4, -0.2) is 120 Å². The smallest absolute Gasteiger partial charge is 0.225 e. The third kappa shape index (κ3) is 7.89. The Morgan fingerprint density at radius 3 is 2.40 bits per heavy atom. The Balaban J connectivity index is 1.17. The van der Waals surface area contributed by atoms with Gasteiger partial charge in [-0.3, -0.25) is 14.6 Å². The van der Waals surface area contributed by atoms with Crippen LogP contribution in [0, 0.1) is 5.82 Å². The molecule has 13 heteroatoms. The van der Waals surface area contributed by atoms with Crippen LogP contribution < -0.4 is 15.5 Å². The lowest BCUT2D eigenvalue weighted by molar-refractivity contribution is 0.100. The second kappa shape index (κ2) is 14.3. The molecule has 3 heterocycles. The zero-order valence-corrected chi connectivity index (χ0v) is 25.0. The molecule has 0 atom stereocenters. The number of Topliss-reactive ketones (excluding diaryl/α,β-unsaturated/α-hetero) is 1. The quantitative estimate of drug-likeness (QED) is 0.239. The van der Waals surface area contributed by atoms with E-state index in [4.69, 9.17) is 16.7 Å². The number of benzene rings is 2. The van der Waals surface area contributed by atoms with Crippen molar-refractivity contribution in [2.75, 3.05) is 94.6 Å². The van der Waals surface area contributed by atoms with Crippen molar-refractivity contribution in [1.82, 2.24) is 24.7 Å². The van der Waals surface area contributed by atoms with Crippen LogP contribution in [-0.2, 0) is 6.54 Å². The number of likely N-dealkylation sites (N-methyl/N-ethyl adjacent to an activating group) is 1. The molecular formula is C30H38ClFN8O3. The fourth-order valence-electron chi connectivity index (χ4n) is 5.24. The fourth-order valence-corrected chi connectivity index (χ4v) is 5.46. The SMILES string of the molecule is CN1CCN(Cc2ccc(Nc3ccc(C(=O)CNc4ncc(F)c(N5CCN(CCO)CC5)n4)c(O)c3Cl)cc2)CC1. The summed E-state index contributed by atoms with van der Waals surface area (Å²) in [6.07, 6.45) is 1.07. The number of hydrogen-bond acceptors (Lipinski definition) is 11. The number of aliphatic hydroxyl groups is 1. The number of β-amino-alcohol motifs (C(OH)–C–C–N with tert-alkyl or cyclic N) is 1. The van der Waals surface area contributed by atoms with Gasteiger partial charge in [0.2, 0.25) is 5.95 Å². The van der Waals surface area contributed by atoms with Crippen molar-refractivity contribution >= 4 is 40.5 Å². The lowest BCUT2D eigenvalue weighted by Gasteiger charge is -2.35. The van der Waals surface area contributed by atoms with Gasteiger partial charge in [-0.25, -0.2) is 9.37 Å². The van der Waals surface area contributed by atoms with E-state index in [0.29, 0.717) is 38.4 Å². The Morgan fingerprint density at radius 1 is 1.00 bits per heavy atom. The summed E-state index contributed by atoms with van der Waals surface area (Å²) in [5.74, 6) is -1.05. The van der Waals surface area contributed by atoms with Crippen LogP contribution in [0.15, 0.2) is 42.6 Å². The van der Waals surface area contributed by atoms with Gasteiger partial charge in [0, 0.05) is 71.1 Å². The van der Waals surface area contributed by atoms with Gasteiger partial charge in [-0.2, -0.15) is 4.98 Å². The largest absolute Gasteiger partial charge is 0.506 e. The van der Waals surface area contributed by atoms with Crippen LogP contribution in [0.1, 0.15) is 15.9 Å². The van der Waals surface area contributed by atoms with Crippen molar-refractivity contribution in [1.29, 1.82) is 0 Å². The summed E-state index contributed by atoms with van der Waals surface area (Å²) in [6, 6.07) is 11.2. The highest BCUT2D eigenvalue weighted by Gasteiger charge is 2.22. The summed E-state index contributed by atoms with van der Waals surface area (Å²) >= 11 is 6.45. The monoisotopic (exact) mass is 612 g/mol. The number of hydrogen-bond donors (Lipinski definition) is 4. The van der Waals surface area contributed by atoms with E-state index < -0.39 is 11.6 Å². The first-order chi connectivity index (χ1) is 20.8. The highest BCUT2D eigenvalue weighted by Crippen LogP contribution is 2.36. The minimum Gasteiger partial charge on any atom is -0.506 e. The minimum absolute atomic E-state index is 0.0352. The van der Waals surface area contributed by atoms with Gasteiger partial charge in [0.1, 0.15) is 10.8 Å². The fraction of sp³-hybridized carbons (Fsp3) is 0.433. The summed E-state index contributed by atoms with van der Waals surface area (Å²) < 4.78 is 14.5. The first-order valence-corrected chi connectivity index (χ1v) is 14.8. The molecule has 11 nitrogen and oxygen atoms in total. The van der Waals surface area contributed by atoms with Gasteiger partial charge in [0.15, 0.2) is 17.4 Å². The molecule has 2 aliphatic heterocycles. The van der Waals surface area contributed by atoms with E-state index in [1.807, 2.05) is 17.0 Å². The first kappa shape index (κ1) is 30.9. The number of ketones is 1. The molecule has 0 saturated carbocycles. The number of piperazine rings is 2. The Hall–Kier alpha value is -3.55. The molecule has 4 N–H and O–H groups in total. The maximum absolute atomic E-state index is 14.5. The Morgan fingerprint density at radius 2 is 1.70 bits per heavy atom. The maximum Gasteiger partial charge on any atom is 0.225 e. The Labute approximate surface area is 255 Å². The second-order valence-electron chi connectivity index (χ2n) is 10.9. The lowest BCUT2D eigenvalue weighted by atomic mass is 10.1. The van der Waals surface area contributed by atoms with E-state index in [0.717, 1.165) is 44.6 Å². The number of halogens is 2. The van der Waals surface area contributed by atoms with Crippen LogP contribution in [0.2, 0.25) is 5.02 Å². The summed E-state index contributed by atoms with van der Waals surface area (Å²) in [6.45, 7) is 8.04. The van der Waals surface area contributed by atoms with Crippen molar-refractivity contribution in [3.05, 3.63) is 64.6 Å². The van der Waals surface area contributed by atoms with Crippen molar-refractivity contribution in [3.8, 4) is 5.75 Å². The van der Waals surface area contributed by atoms with E-state index in [1.54, 1.807) is 6.07 Å². The molecule has 0 unspecified atom stereocenters. The molecule has 1 aromatic heterocycles. The van der Waals surface area contributed by atoms with E-state index >= 15 is 0 Å². The van der Waals surface area contributed by atoms with Crippen LogP contribution in [0.3, 0.4) is 0 Å². The molecule has 0 bridgehead atoms. The number of nitrogens with one attached hydrogen (secondary N) is 2. The molecule has 3 aromatic rings. The van der Waals surface area contributed by atoms with Gasteiger partial charge in [-0.15, -0.1) is 0 Å². The number of aromatic hydroxyl groups is 1. The zero-order valence-electron chi connectivity index (χ0n) is 24.3. The van der Waals surface area contributed by atoms with Crippen LogP contribution in [0.4, 0.5) is 27.5 Å². The number of aliphatic hydroxyl groups excluding tert-OH is 1. The normalized spacial score (nSPS) is 16.8. The highest BCUT2D eigenvalue weighted by atomic mass is 35.5. The number of nitrogens with zero attached hydrogens (tertiary/aromatic N) is 6. The molecular weight excluding hydrogens is 575 g/mol. The number of phenols is 1. The number of carbonyl (C=O) groups excluding carboxylic acids is 1. The summed E-state index contributed by atoms with van der Waals surface area (Å²) in [5.41, 5.74) is 2.55. The van der Waals surface area contributed by atoms with Crippen LogP contribution in [0.25, 0.3) is 0 Å². The molecule has 0 radical (unpaired) electrons. The van der Waals surface area contributed by atoms with Crippen molar-refractivity contribution in [2.24, 2.45) is 0 Å². The maximum atomic E-state index is 14.5. The number of anilines is 4. The topological polar surface area (TPSA) is 120 Å². The molecule has 0 aliphatic carbocycles. The Bertz CT molecular complexity index is 1400. The standard InChI is InChI=1S/C30H38ClFN8O3/c1-37-8-10-39(11-9-37)20-21-2-4-22(5-3-21)35-25-7-6-23(28(43)27(25)31)26(42)19-34-30-33-18-24(32)29(36-30)40-14-12-38(13-15-40)16-17-41/h2-7,18,35,41,43H,8-17,19-20H2,1H3,(H,33,34,36). The molecule has 2 saturated heterocycles. The van der Waals surface area contributed by atoms with Gasteiger partial charge in [0.25, 0.3) is 0 Å². The second-order valence-corrected chi connectivity index (χ2v) is 11.3. The van der Waals surface area contributed by atoms with E-state index in [2.05, 4.69) is 54.5 Å². The van der Waals surface area contributed by atoms with Gasteiger partial charge in [-0.05, 0) is 36.9 Å². The molecule has 2 fully saturated rings. The van der Waals surface area contributed by atoms with Gasteiger partial charge in [-0.1, -0.05) is 23.7 Å². The van der Waals surface area contributed by atoms with Crippen LogP contribution >= 0.6 is 11.6 Å². The predicted octanol–water partition coefficient (Wildman–Crippen LogP) is 2.87. The van der Waals surface area contributed by atoms with E-state index in [9.17, 15) is 14.3 Å². The zero-order chi connectivity index (χ0) is 30.3. The average molecular weight is 613 g/mol. The predicted molar refractivity (Wildman–Crippen MR) is 166 cm³/mol. The van der Waals surface area contributed by atoms with Gasteiger partial charge < -0.3 is 30.6 Å². The third-order valence-electron chi connectivity index (χ3n) is 7.87. The van der Waals surface area contributed by atoms with Crippen molar-refractivity contribution in [3.63, 3.8) is 0 Å². The Kier molecular flexibility index (Phi) is 10.3. The van der Waals surface area contributed by atoms with Crippen molar-refractivity contribution < 1.29 is 19.4 Å². The van der Waals surface area contributed by atoms with Crippen molar-refractivity contribution in [2.45, 2.75) is 6.54 Å². The highest BCUT2D eigenvalue weighted by molar-refractivity contribution is 6.35. The first-order valence-electron chi connectivity index (χ1n) is 14.5. The van der Waals surface area contributed by atoms with Crippen LogP contribution in [0.5, 0.6) is 5.75 Å². The molecule has 0 amide bonds. The van der Waals surface area contributed by atoms with Gasteiger partial charge >= 0.3 is 0 Å². The van der Waals surface area contributed by atoms with Gasteiger partial charge in [0.05, 0.1) is 30.6 Å². The molecule has 43 heavy (non-hydrogen) atoms. The molecule has 5 rings (SSSR count). The summed E-state index contributed by atoms with van der Waals surface area (Å²) in [5, 5.41) is 26.0. The van der Waals surface area contributed by atoms with E-state index in [-0.39, 0.29) is 41.3 Å². The molecule has 2 aliphatic rings. The molecule has 2 aromatic carbocycles. The number of aromatic nitrogens is 2. The number of carbonyl (C=O) groups is 1. The lowest BCUT2D eigenvalue weighted by Crippen LogP contribution is -2.47. The third-order valence-corrected chi connectivity index (χ3v) is 8.25. The minimum atomic E-state index is -0.551.